The summed E-state index contributed by atoms with van der Waals surface area (Å²) in [6.45, 7) is 0.224. The number of carbonyl (C=O) groups excluding carboxylic acids is 2. The van der Waals surface area contributed by atoms with Crippen molar-refractivity contribution in [3.63, 3.8) is 0 Å². The van der Waals surface area contributed by atoms with Crippen LogP contribution in [0.15, 0.2) is 54.9 Å². The fourth-order valence-corrected chi connectivity index (χ4v) is 5.19. The molecule has 3 atom stereocenters. The van der Waals surface area contributed by atoms with Gasteiger partial charge in [0.1, 0.15) is 12.4 Å². The molecule has 0 saturated carbocycles. The van der Waals surface area contributed by atoms with Gasteiger partial charge in [-0.25, -0.2) is 0 Å². The Morgan fingerprint density at radius 2 is 1.97 bits per heavy atom. The number of amides is 2. The zero-order valence-electron chi connectivity index (χ0n) is 19.0. The van der Waals surface area contributed by atoms with Crippen LogP contribution in [-0.2, 0) is 20.8 Å². The molecule has 2 aliphatic rings. The molecule has 2 aliphatic heterocycles. The van der Waals surface area contributed by atoms with Crippen molar-refractivity contribution in [3.8, 4) is 5.75 Å². The highest BCUT2D eigenvalue weighted by Gasteiger charge is 2.60. The molecule has 182 valence electrons. The van der Waals surface area contributed by atoms with Crippen molar-refractivity contribution in [2.75, 3.05) is 19.8 Å². The maximum atomic E-state index is 13.5. The first-order valence-corrected chi connectivity index (χ1v) is 11.4. The Kier molecular flexibility index (Phi) is 8.98. The van der Waals surface area contributed by atoms with Gasteiger partial charge < -0.3 is 25.2 Å². The first kappa shape index (κ1) is 25.2. The summed E-state index contributed by atoms with van der Waals surface area (Å²) < 4.78 is 5.65. The molecular weight excluding hydrogens is 438 g/mol. The van der Waals surface area contributed by atoms with E-state index in [0.29, 0.717) is 38.2 Å². The lowest BCUT2D eigenvalue weighted by atomic mass is 9.69. The Balaban J connectivity index is 0.00000103. The molecule has 0 aliphatic carbocycles. The van der Waals surface area contributed by atoms with Gasteiger partial charge in [-0.1, -0.05) is 30.3 Å². The van der Waals surface area contributed by atoms with Crippen molar-refractivity contribution in [2.24, 2.45) is 5.41 Å². The monoisotopic (exact) mass is 469 g/mol. The van der Waals surface area contributed by atoms with E-state index in [1.165, 1.54) is 0 Å². The van der Waals surface area contributed by atoms with Crippen LogP contribution in [-0.4, -0.2) is 70.2 Å². The van der Waals surface area contributed by atoms with Crippen LogP contribution >= 0.6 is 0 Å². The van der Waals surface area contributed by atoms with Gasteiger partial charge in [0.2, 0.25) is 11.8 Å². The van der Waals surface area contributed by atoms with Gasteiger partial charge in [0, 0.05) is 24.8 Å². The molecule has 2 aromatic rings. The molecule has 0 radical (unpaired) electrons. The number of ether oxygens (including phenoxy) is 1. The number of rotatable bonds is 9. The summed E-state index contributed by atoms with van der Waals surface area (Å²) in [6, 6.07) is 13.5. The number of nitrogens with one attached hydrogen (secondary N) is 1. The minimum absolute atomic E-state index is 0.0133. The SMILES string of the molecule is O=C(CO)N1[C@@H]2CC[C@H]1[C@@](Cc1ccccc1)(C(=O)NCCCOc1cccnc1)C2.O=CO. The second-order valence-corrected chi connectivity index (χ2v) is 8.48. The van der Waals surface area contributed by atoms with Crippen LogP contribution in [0.3, 0.4) is 0 Å². The molecule has 4 rings (SSSR count). The predicted molar refractivity (Wildman–Crippen MR) is 124 cm³/mol. The number of nitrogens with zero attached hydrogens (tertiary/aromatic N) is 2. The van der Waals surface area contributed by atoms with Gasteiger partial charge >= 0.3 is 0 Å². The van der Waals surface area contributed by atoms with Gasteiger partial charge in [-0.2, -0.15) is 0 Å². The van der Waals surface area contributed by atoms with Crippen LogP contribution in [0.1, 0.15) is 31.2 Å². The van der Waals surface area contributed by atoms with E-state index in [4.69, 9.17) is 14.6 Å². The van der Waals surface area contributed by atoms with E-state index in [0.717, 1.165) is 18.4 Å². The number of hydrogen-bond donors (Lipinski definition) is 3. The molecule has 0 unspecified atom stereocenters. The summed E-state index contributed by atoms with van der Waals surface area (Å²) in [6.07, 6.45) is 6.93. The molecule has 2 saturated heterocycles. The summed E-state index contributed by atoms with van der Waals surface area (Å²) in [7, 11) is 0. The van der Waals surface area contributed by atoms with E-state index < -0.39 is 12.0 Å². The average molecular weight is 470 g/mol. The standard InChI is InChI=1S/C24H29N3O4.CH2O2/c28-17-22(29)27-19-9-10-21(27)24(15-19,14-18-6-2-1-3-7-18)23(30)26-12-5-13-31-20-8-4-11-25-16-20;2-1-3/h1-4,6-8,11,16,19,21,28H,5,9-10,12-15,17H2,(H,26,30);1H,(H,2,3)/t19-,21+,24+;/m1./s1. The molecule has 0 spiro atoms. The summed E-state index contributed by atoms with van der Waals surface area (Å²) in [5.74, 6) is 0.418. The molecule has 2 fully saturated rings. The van der Waals surface area contributed by atoms with E-state index in [-0.39, 0.29) is 30.4 Å². The van der Waals surface area contributed by atoms with E-state index in [1.54, 1.807) is 17.3 Å². The molecule has 3 heterocycles. The van der Waals surface area contributed by atoms with E-state index in [9.17, 15) is 14.7 Å². The molecule has 2 amide bonds. The number of aromatic nitrogens is 1. The fraction of sp³-hybridized carbons (Fsp3) is 0.440. The van der Waals surface area contributed by atoms with Crippen molar-refractivity contribution < 1.29 is 29.3 Å². The lowest BCUT2D eigenvalue weighted by Gasteiger charge is -2.36. The normalized spacial score (nSPS) is 22.4. The number of hydrogen-bond acceptors (Lipinski definition) is 6. The van der Waals surface area contributed by atoms with Gasteiger partial charge in [0.05, 0.1) is 18.2 Å². The first-order valence-electron chi connectivity index (χ1n) is 11.4. The maximum Gasteiger partial charge on any atom is 0.290 e. The van der Waals surface area contributed by atoms with Gasteiger partial charge in [-0.15, -0.1) is 0 Å². The summed E-state index contributed by atoms with van der Waals surface area (Å²) in [5, 5.41) is 19.4. The number of benzene rings is 1. The van der Waals surface area contributed by atoms with E-state index in [1.807, 2.05) is 42.5 Å². The Morgan fingerprint density at radius 3 is 2.65 bits per heavy atom. The summed E-state index contributed by atoms with van der Waals surface area (Å²) in [5.41, 5.74) is 0.417. The van der Waals surface area contributed by atoms with Crippen molar-refractivity contribution in [2.45, 2.75) is 44.2 Å². The van der Waals surface area contributed by atoms with Gasteiger partial charge in [-0.3, -0.25) is 19.4 Å². The predicted octanol–water partition coefficient (Wildman–Crippen LogP) is 1.65. The van der Waals surface area contributed by atoms with E-state index in [2.05, 4.69) is 10.3 Å². The Labute approximate surface area is 198 Å². The average Bonchev–Trinajstić information content (AvgIpc) is 3.41. The molecule has 1 aromatic carbocycles. The second-order valence-electron chi connectivity index (χ2n) is 8.48. The third-order valence-electron chi connectivity index (χ3n) is 6.49. The van der Waals surface area contributed by atoms with Crippen LogP contribution < -0.4 is 10.1 Å². The minimum Gasteiger partial charge on any atom is -0.492 e. The van der Waals surface area contributed by atoms with Crippen LogP contribution in [0.4, 0.5) is 0 Å². The number of carbonyl (C=O) groups is 3. The van der Waals surface area contributed by atoms with Crippen LogP contribution in [0.5, 0.6) is 5.75 Å². The number of pyridine rings is 1. The van der Waals surface area contributed by atoms with Crippen LogP contribution in [0.2, 0.25) is 0 Å². The molecule has 34 heavy (non-hydrogen) atoms. The molecule has 2 bridgehead atoms. The minimum atomic E-state index is -0.667. The van der Waals surface area contributed by atoms with Crippen molar-refractivity contribution in [1.82, 2.24) is 15.2 Å². The molecule has 9 heteroatoms. The highest BCUT2D eigenvalue weighted by molar-refractivity contribution is 5.87. The molecule has 1 aromatic heterocycles. The van der Waals surface area contributed by atoms with Crippen molar-refractivity contribution in [3.05, 3.63) is 60.4 Å². The number of aliphatic hydroxyl groups is 1. The Morgan fingerprint density at radius 1 is 1.21 bits per heavy atom. The lowest BCUT2D eigenvalue weighted by Crippen LogP contribution is -2.51. The summed E-state index contributed by atoms with van der Waals surface area (Å²) in [4.78, 5) is 40.0. The number of fused-ring (bicyclic) bond motifs is 2. The highest BCUT2D eigenvalue weighted by Crippen LogP contribution is 2.51. The Hall–Kier alpha value is -3.46. The maximum absolute atomic E-state index is 13.5. The number of carboxylic acid groups (broad SMARTS) is 1. The molecule has 3 N–H and O–H groups in total. The Bertz CT molecular complexity index is 942. The largest absolute Gasteiger partial charge is 0.492 e. The van der Waals surface area contributed by atoms with Crippen molar-refractivity contribution in [1.29, 1.82) is 0 Å². The van der Waals surface area contributed by atoms with Crippen LogP contribution in [0.25, 0.3) is 0 Å². The molecular formula is C25H31N3O6. The van der Waals surface area contributed by atoms with E-state index >= 15 is 0 Å². The summed E-state index contributed by atoms with van der Waals surface area (Å²) >= 11 is 0. The first-order chi connectivity index (χ1) is 16.6. The van der Waals surface area contributed by atoms with Gasteiger partial charge in [-0.05, 0) is 49.8 Å². The quantitative estimate of drug-likeness (QED) is 0.376. The molecule has 9 nitrogen and oxygen atoms in total. The fourth-order valence-electron chi connectivity index (χ4n) is 5.19. The highest BCUT2D eigenvalue weighted by atomic mass is 16.5. The topological polar surface area (TPSA) is 129 Å². The van der Waals surface area contributed by atoms with Crippen LogP contribution in [0, 0.1) is 5.41 Å². The van der Waals surface area contributed by atoms with Gasteiger partial charge in [0.25, 0.3) is 6.47 Å². The smallest absolute Gasteiger partial charge is 0.290 e. The zero-order valence-corrected chi connectivity index (χ0v) is 19.0. The second kappa shape index (κ2) is 12.1. The lowest BCUT2D eigenvalue weighted by molar-refractivity contribution is -0.138. The van der Waals surface area contributed by atoms with Crippen molar-refractivity contribution >= 4 is 18.3 Å². The zero-order chi connectivity index (χ0) is 24.4. The third kappa shape index (κ3) is 5.72. The number of aliphatic hydroxyl groups excluding tert-OH is 1. The third-order valence-corrected chi connectivity index (χ3v) is 6.49. The van der Waals surface area contributed by atoms with Gasteiger partial charge in [0.15, 0.2) is 0 Å².